The van der Waals surface area contributed by atoms with E-state index in [0.29, 0.717) is 67.0 Å². The maximum Gasteiger partial charge on any atom is 0.338 e. The predicted octanol–water partition coefficient (Wildman–Crippen LogP) is 7.68. The molecule has 0 spiro atoms. The van der Waals surface area contributed by atoms with Crippen molar-refractivity contribution in [3.8, 4) is 34.3 Å². The second-order valence-electron chi connectivity index (χ2n) is 12.3. The average molecular weight is 686 g/mol. The Morgan fingerprint density at radius 3 is 2.24 bits per heavy atom. The van der Waals surface area contributed by atoms with Crippen molar-refractivity contribution >= 4 is 11.8 Å². The van der Waals surface area contributed by atoms with Gasteiger partial charge in [0.05, 0.1) is 17.4 Å². The van der Waals surface area contributed by atoms with Gasteiger partial charge in [0.2, 0.25) is 11.8 Å². The van der Waals surface area contributed by atoms with Gasteiger partial charge in [-0.2, -0.15) is 10.1 Å². The van der Waals surface area contributed by atoms with Crippen LogP contribution in [0.3, 0.4) is 0 Å². The number of carboxylic acid groups (broad SMARTS) is 1. The van der Waals surface area contributed by atoms with E-state index in [-0.39, 0.29) is 18.3 Å². The molecule has 1 N–H and O–H groups in total. The molecule has 10 nitrogen and oxygen atoms in total. The molecule has 4 heterocycles. The molecule has 258 valence electrons. The van der Waals surface area contributed by atoms with Gasteiger partial charge in [0, 0.05) is 55.5 Å². The van der Waals surface area contributed by atoms with E-state index in [2.05, 4.69) is 15.1 Å². The first kappa shape index (κ1) is 33.3. The summed E-state index contributed by atoms with van der Waals surface area (Å²) in [6.45, 7) is 3.73. The van der Waals surface area contributed by atoms with Gasteiger partial charge in [0.15, 0.2) is 11.6 Å². The molecule has 1 fully saturated rings. The number of piperidine rings is 1. The first-order chi connectivity index (χ1) is 24.9. The van der Waals surface area contributed by atoms with Crippen LogP contribution in [0.25, 0.3) is 16.8 Å². The lowest BCUT2D eigenvalue weighted by Gasteiger charge is -2.33. The number of hydrogen-bond donors (Lipinski definition) is 1. The van der Waals surface area contributed by atoms with Crippen LogP contribution in [0.4, 0.5) is 10.2 Å². The van der Waals surface area contributed by atoms with Crippen LogP contribution in [-0.4, -0.2) is 50.0 Å². The lowest BCUT2D eigenvalue weighted by atomic mass is 10.1. The van der Waals surface area contributed by atoms with Gasteiger partial charge in [0.1, 0.15) is 25.1 Å². The normalized spacial score (nSPS) is 13.2. The number of carbonyl (C=O) groups is 1. The highest BCUT2D eigenvalue weighted by molar-refractivity contribution is 5.87. The van der Waals surface area contributed by atoms with Crippen molar-refractivity contribution in [1.29, 1.82) is 0 Å². The van der Waals surface area contributed by atoms with E-state index in [0.717, 1.165) is 22.4 Å². The highest BCUT2D eigenvalue weighted by Gasteiger charge is 2.25. The standard InChI is InChI=1S/C40H36FN5O5/c1-27-20-33(12-14-36(27)46-24-31(23-43-46)40(47)48)51-32-16-18-45(19-17-32)38-35(41)21-30(22-42-38)34-13-15-37(49-25-28-8-4-2-5-9-28)44-39(34)50-26-29-10-6-3-7-11-29/h2-15,20-24,32H,16-19,25-26H2,1H3,(H,47,48). The molecule has 1 aliphatic heterocycles. The van der Waals surface area contributed by atoms with Crippen molar-refractivity contribution in [2.24, 2.45) is 0 Å². The molecule has 0 amide bonds. The number of carboxylic acids is 1. The largest absolute Gasteiger partial charge is 0.490 e. The Morgan fingerprint density at radius 1 is 0.882 bits per heavy atom. The predicted molar refractivity (Wildman–Crippen MR) is 190 cm³/mol. The highest BCUT2D eigenvalue weighted by Crippen LogP contribution is 2.34. The molecule has 11 heteroatoms. The average Bonchev–Trinajstić information content (AvgIpc) is 3.65. The second-order valence-corrected chi connectivity index (χ2v) is 12.3. The number of pyridine rings is 2. The van der Waals surface area contributed by atoms with Crippen molar-refractivity contribution in [3.63, 3.8) is 0 Å². The van der Waals surface area contributed by atoms with E-state index in [4.69, 9.17) is 14.2 Å². The summed E-state index contributed by atoms with van der Waals surface area (Å²) in [7, 11) is 0. The summed E-state index contributed by atoms with van der Waals surface area (Å²) in [6, 6.07) is 30.3. The number of benzene rings is 3. The number of aromatic nitrogens is 4. The lowest BCUT2D eigenvalue weighted by Crippen LogP contribution is -2.39. The molecule has 3 aromatic carbocycles. The van der Waals surface area contributed by atoms with E-state index >= 15 is 4.39 Å². The number of anilines is 1. The van der Waals surface area contributed by atoms with Crippen molar-refractivity contribution < 1.29 is 28.5 Å². The quantitative estimate of drug-likeness (QED) is 0.139. The molecule has 0 atom stereocenters. The van der Waals surface area contributed by atoms with Crippen LogP contribution >= 0.6 is 0 Å². The smallest absolute Gasteiger partial charge is 0.338 e. The van der Waals surface area contributed by atoms with Gasteiger partial charge < -0.3 is 24.2 Å². The molecular weight excluding hydrogens is 649 g/mol. The zero-order valence-electron chi connectivity index (χ0n) is 28.0. The zero-order chi connectivity index (χ0) is 35.2. The molecule has 0 radical (unpaired) electrons. The number of nitrogens with zero attached hydrogens (tertiary/aromatic N) is 5. The van der Waals surface area contributed by atoms with E-state index in [9.17, 15) is 9.90 Å². The topological polar surface area (TPSA) is 112 Å². The molecule has 3 aromatic heterocycles. The van der Waals surface area contributed by atoms with Gasteiger partial charge in [-0.15, -0.1) is 0 Å². The van der Waals surface area contributed by atoms with Crippen molar-refractivity contribution in [3.05, 3.63) is 144 Å². The monoisotopic (exact) mass is 685 g/mol. The van der Waals surface area contributed by atoms with Crippen LogP contribution in [0, 0.1) is 12.7 Å². The minimum Gasteiger partial charge on any atom is -0.490 e. The Kier molecular flexibility index (Phi) is 9.87. The van der Waals surface area contributed by atoms with Crippen molar-refractivity contribution in [2.75, 3.05) is 18.0 Å². The third-order valence-corrected chi connectivity index (χ3v) is 8.70. The van der Waals surface area contributed by atoms with Gasteiger partial charge in [-0.05, 0) is 53.9 Å². The highest BCUT2D eigenvalue weighted by atomic mass is 19.1. The summed E-state index contributed by atoms with van der Waals surface area (Å²) in [5, 5.41) is 13.4. The van der Waals surface area contributed by atoms with E-state index in [1.165, 1.54) is 18.5 Å². The molecule has 6 aromatic rings. The number of aryl methyl sites for hydroxylation is 1. The lowest BCUT2D eigenvalue weighted by molar-refractivity contribution is 0.0697. The summed E-state index contributed by atoms with van der Waals surface area (Å²) < 4.78 is 35.7. The molecule has 51 heavy (non-hydrogen) atoms. The first-order valence-corrected chi connectivity index (χ1v) is 16.7. The van der Waals surface area contributed by atoms with Crippen LogP contribution < -0.4 is 19.1 Å². The number of aromatic carboxylic acids is 1. The Labute approximate surface area is 294 Å². The first-order valence-electron chi connectivity index (χ1n) is 16.7. The molecular formula is C40H36FN5O5. The molecule has 0 saturated carbocycles. The Hall–Kier alpha value is -6.23. The van der Waals surface area contributed by atoms with Crippen molar-refractivity contribution in [1.82, 2.24) is 19.7 Å². The van der Waals surface area contributed by atoms with Crippen LogP contribution in [0.15, 0.2) is 116 Å². The number of ether oxygens (including phenoxy) is 3. The van der Waals surface area contributed by atoms with Crippen LogP contribution in [-0.2, 0) is 13.2 Å². The van der Waals surface area contributed by atoms with E-state index in [1.54, 1.807) is 16.9 Å². The number of halogens is 1. The molecule has 0 bridgehead atoms. The zero-order valence-corrected chi connectivity index (χ0v) is 28.0. The fourth-order valence-electron chi connectivity index (χ4n) is 6.00. The summed E-state index contributed by atoms with van der Waals surface area (Å²) in [6.07, 6.45) is 5.79. The summed E-state index contributed by atoms with van der Waals surface area (Å²) in [5.74, 6) is 0.279. The third kappa shape index (κ3) is 7.99. The van der Waals surface area contributed by atoms with E-state index in [1.807, 2.05) is 96.8 Å². The Bertz CT molecular complexity index is 2120. The molecule has 1 saturated heterocycles. The fourth-order valence-corrected chi connectivity index (χ4v) is 6.00. The van der Waals surface area contributed by atoms with Gasteiger partial charge in [-0.1, -0.05) is 60.7 Å². The van der Waals surface area contributed by atoms with Crippen LogP contribution in [0.5, 0.6) is 17.5 Å². The van der Waals surface area contributed by atoms with Gasteiger partial charge in [-0.3, -0.25) is 0 Å². The molecule has 7 rings (SSSR count). The summed E-state index contributed by atoms with van der Waals surface area (Å²) in [5.41, 5.74) is 4.94. The van der Waals surface area contributed by atoms with E-state index < -0.39 is 11.8 Å². The minimum absolute atomic E-state index is 0.0461. The van der Waals surface area contributed by atoms with Gasteiger partial charge >= 0.3 is 5.97 Å². The third-order valence-electron chi connectivity index (χ3n) is 8.70. The number of hydrogen-bond acceptors (Lipinski definition) is 8. The molecule has 1 aliphatic rings. The maximum atomic E-state index is 15.7. The SMILES string of the molecule is Cc1cc(OC2CCN(c3ncc(-c4ccc(OCc5ccccc5)nc4OCc4ccccc4)cc3F)CC2)ccc1-n1cc(C(=O)O)cn1. The fraction of sp³-hybridized carbons (Fsp3) is 0.200. The molecule has 0 unspecified atom stereocenters. The second kappa shape index (κ2) is 15.1. The van der Waals surface area contributed by atoms with Crippen LogP contribution in [0.2, 0.25) is 0 Å². The molecule has 0 aliphatic carbocycles. The minimum atomic E-state index is -1.03. The Balaban J connectivity index is 1.01. The number of rotatable bonds is 12. The van der Waals surface area contributed by atoms with Gasteiger partial charge in [-0.25, -0.2) is 18.9 Å². The van der Waals surface area contributed by atoms with Crippen LogP contribution in [0.1, 0.15) is 39.9 Å². The maximum absolute atomic E-state index is 15.7. The van der Waals surface area contributed by atoms with Gasteiger partial charge in [0.25, 0.3) is 0 Å². The van der Waals surface area contributed by atoms with Crippen molar-refractivity contribution in [2.45, 2.75) is 39.1 Å². The summed E-state index contributed by atoms with van der Waals surface area (Å²) >= 11 is 0. The summed E-state index contributed by atoms with van der Waals surface area (Å²) in [4.78, 5) is 22.4. The Morgan fingerprint density at radius 2 is 1.59 bits per heavy atom.